The molecule has 3 aromatic rings. The highest BCUT2D eigenvalue weighted by molar-refractivity contribution is 7.98. The Morgan fingerprint density at radius 2 is 1.74 bits per heavy atom. The fraction of sp³-hybridized carbons (Fsp3) is 0.407. The van der Waals surface area contributed by atoms with Crippen LogP contribution < -0.4 is 10.6 Å². The molecule has 0 atom stereocenters. The first-order valence-corrected chi connectivity index (χ1v) is 13.3. The highest BCUT2D eigenvalue weighted by atomic mass is 32.2. The standard InChI is InChI=1S/C27H28F6N4S/c1-36-13-10-18(11-14-36)35-23-6-3-7-25-21(23)15-19(37(25)17-26(28,29)30)5-4-12-34-24-9-8-20(38-2)16-22(24)27(31,32)33/h3,6-9,15-16,18,34-35H,10-14,17H2,1-2H3. The Bertz CT molecular complexity index is 1330. The lowest BCUT2D eigenvalue weighted by Gasteiger charge is -2.30. The number of benzene rings is 2. The second-order valence-corrected chi connectivity index (χ2v) is 10.1. The molecule has 4 nitrogen and oxygen atoms in total. The maximum absolute atomic E-state index is 13.5. The van der Waals surface area contributed by atoms with Crippen molar-refractivity contribution in [3.8, 4) is 11.8 Å². The average molecular weight is 555 g/mol. The second kappa shape index (κ2) is 11.4. The van der Waals surface area contributed by atoms with Crippen LogP contribution in [0.1, 0.15) is 24.1 Å². The van der Waals surface area contributed by atoms with E-state index < -0.39 is 24.5 Å². The number of fused-ring (bicyclic) bond motifs is 1. The zero-order valence-corrected chi connectivity index (χ0v) is 21.7. The number of piperidine rings is 1. The molecule has 2 aromatic carbocycles. The molecule has 0 unspecified atom stereocenters. The van der Waals surface area contributed by atoms with Crippen molar-refractivity contribution in [1.29, 1.82) is 0 Å². The predicted molar refractivity (Wildman–Crippen MR) is 141 cm³/mol. The Balaban J connectivity index is 1.61. The lowest BCUT2D eigenvalue weighted by Crippen LogP contribution is -2.36. The van der Waals surface area contributed by atoms with E-state index in [0.29, 0.717) is 15.8 Å². The fourth-order valence-corrected chi connectivity index (χ4v) is 4.99. The van der Waals surface area contributed by atoms with E-state index in [1.165, 1.54) is 17.8 Å². The minimum absolute atomic E-state index is 0.134. The van der Waals surface area contributed by atoms with Crippen LogP contribution in [0.25, 0.3) is 10.9 Å². The number of halogens is 6. The lowest BCUT2D eigenvalue weighted by atomic mass is 10.0. The van der Waals surface area contributed by atoms with Gasteiger partial charge in [-0.05, 0) is 81.6 Å². The zero-order chi connectivity index (χ0) is 27.5. The number of hydrogen-bond donors (Lipinski definition) is 2. The maximum atomic E-state index is 13.5. The van der Waals surface area contributed by atoms with Gasteiger partial charge < -0.3 is 20.1 Å². The minimum Gasteiger partial charge on any atom is -0.382 e. The summed E-state index contributed by atoms with van der Waals surface area (Å²) in [6.07, 6.45) is -5.50. The van der Waals surface area contributed by atoms with Crippen LogP contribution >= 0.6 is 11.8 Å². The molecular formula is C27H28F6N4S. The van der Waals surface area contributed by atoms with Gasteiger partial charge in [-0.2, -0.15) is 26.3 Å². The highest BCUT2D eigenvalue weighted by Crippen LogP contribution is 2.37. The molecular weight excluding hydrogens is 526 g/mol. The van der Waals surface area contributed by atoms with Crippen molar-refractivity contribution in [2.75, 3.05) is 43.6 Å². The predicted octanol–water partition coefficient (Wildman–Crippen LogP) is 6.91. The van der Waals surface area contributed by atoms with Crippen molar-refractivity contribution in [2.24, 2.45) is 0 Å². The molecule has 38 heavy (non-hydrogen) atoms. The monoisotopic (exact) mass is 554 g/mol. The summed E-state index contributed by atoms with van der Waals surface area (Å²) >= 11 is 1.20. The van der Waals surface area contributed by atoms with Gasteiger partial charge >= 0.3 is 12.4 Å². The number of nitrogens with one attached hydrogen (secondary N) is 2. The minimum atomic E-state index is -4.56. The van der Waals surface area contributed by atoms with Gasteiger partial charge in [-0.1, -0.05) is 12.0 Å². The molecule has 2 heterocycles. The molecule has 0 aliphatic carbocycles. The summed E-state index contributed by atoms with van der Waals surface area (Å²) < 4.78 is 81.9. The Hall–Kier alpha value is -2.97. The maximum Gasteiger partial charge on any atom is 0.418 e. The van der Waals surface area contributed by atoms with Crippen LogP contribution in [0.5, 0.6) is 0 Å². The van der Waals surface area contributed by atoms with Crippen molar-refractivity contribution in [1.82, 2.24) is 9.47 Å². The largest absolute Gasteiger partial charge is 0.418 e. The summed E-state index contributed by atoms with van der Waals surface area (Å²) in [6, 6.07) is 10.9. The van der Waals surface area contributed by atoms with Gasteiger partial charge in [0.2, 0.25) is 0 Å². The van der Waals surface area contributed by atoms with Gasteiger partial charge in [0.25, 0.3) is 0 Å². The van der Waals surface area contributed by atoms with E-state index in [0.717, 1.165) is 42.3 Å². The van der Waals surface area contributed by atoms with E-state index in [2.05, 4.69) is 34.4 Å². The summed E-state index contributed by atoms with van der Waals surface area (Å²) in [5.74, 6) is 5.45. The van der Waals surface area contributed by atoms with E-state index in [-0.39, 0.29) is 24.0 Å². The number of thioether (sulfide) groups is 1. The number of hydrogen-bond acceptors (Lipinski definition) is 4. The number of rotatable bonds is 6. The average Bonchev–Trinajstić information content (AvgIpc) is 3.19. The molecule has 204 valence electrons. The quantitative estimate of drug-likeness (QED) is 0.197. The fourth-order valence-electron chi connectivity index (χ4n) is 4.55. The van der Waals surface area contributed by atoms with Gasteiger partial charge in [-0.25, -0.2) is 0 Å². The van der Waals surface area contributed by atoms with Crippen molar-refractivity contribution in [3.63, 3.8) is 0 Å². The van der Waals surface area contributed by atoms with Crippen LogP contribution in [0.2, 0.25) is 0 Å². The van der Waals surface area contributed by atoms with Gasteiger partial charge in [-0.15, -0.1) is 11.8 Å². The van der Waals surface area contributed by atoms with Crippen LogP contribution in [-0.4, -0.2) is 54.6 Å². The number of nitrogens with zero attached hydrogens (tertiary/aromatic N) is 2. The number of aromatic nitrogens is 1. The lowest BCUT2D eigenvalue weighted by molar-refractivity contribution is -0.140. The van der Waals surface area contributed by atoms with E-state index in [1.54, 1.807) is 30.5 Å². The van der Waals surface area contributed by atoms with Crippen molar-refractivity contribution < 1.29 is 26.3 Å². The van der Waals surface area contributed by atoms with Crippen LogP contribution in [-0.2, 0) is 12.7 Å². The smallest absolute Gasteiger partial charge is 0.382 e. The van der Waals surface area contributed by atoms with E-state index in [1.807, 2.05) is 6.07 Å². The third-order valence-corrected chi connectivity index (χ3v) is 7.20. The Morgan fingerprint density at radius 1 is 1.00 bits per heavy atom. The summed E-state index contributed by atoms with van der Waals surface area (Å²) in [6.45, 7) is 0.473. The summed E-state index contributed by atoms with van der Waals surface area (Å²) in [7, 11) is 2.05. The first kappa shape index (κ1) is 28.0. The zero-order valence-electron chi connectivity index (χ0n) is 20.9. The van der Waals surface area contributed by atoms with Crippen molar-refractivity contribution in [3.05, 3.63) is 53.7 Å². The molecule has 1 saturated heterocycles. The molecule has 4 rings (SSSR count). The molecule has 0 spiro atoms. The Kier molecular flexibility index (Phi) is 8.43. The van der Waals surface area contributed by atoms with Crippen LogP contribution in [0, 0.1) is 11.8 Å². The van der Waals surface area contributed by atoms with Gasteiger partial charge in [0, 0.05) is 27.7 Å². The molecule has 0 bridgehead atoms. The molecule has 1 aliphatic rings. The number of likely N-dealkylation sites (tertiary alicyclic amines) is 1. The summed E-state index contributed by atoms with van der Waals surface area (Å²) in [5.41, 5.74) is 0.324. The van der Waals surface area contributed by atoms with Crippen molar-refractivity contribution in [2.45, 2.75) is 42.7 Å². The summed E-state index contributed by atoms with van der Waals surface area (Å²) in [5, 5.41) is 6.76. The Morgan fingerprint density at radius 3 is 2.39 bits per heavy atom. The molecule has 0 saturated carbocycles. The van der Waals surface area contributed by atoms with Gasteiger partial charge in [-0.3, -0.25) is 0 Å². The van der Waals surface area contributed by atoms with Gasteiger partial charge in [0.05, 0.1) is 23.3 Å². The molecule has 0 amide bonds. The third kappa shape index (κ3) is 6.91. The molecule has 0 radical (unpaired) electrons. The highest BCUT2D eigenvalue weighted by Gasteiger charge is 2.34. The number of anilines is 2. The van der Waals surface area contributed by atoms with Gasteiger partial charge in [0.1, 0.15) is 6.54 Å². The van der Waals surface area contributed by atoms with Crippen LogP contribution in [0.15, 0.2) is 47.4 Å². The molecule has 11 heteroatoms. The molecule has 1 aromatic heterocycles. The first-order valence-electron chi connectivity index (χ1n) is 12.1. The first-order chi connectivity index (χ1) is 17.9. The third-order valence-electron chi connectivity index (χ3n) is 6.48. The SMILES string of the molecule is CSc1ccc(NCC#Cc2cc3c(NC4CCN(C)CC4)cccc3n2CC(F)(F)F)c(C(F)(F)F)c1. The summed E-state index contributed by atoms with van der Waals surface area (Å²) in [4.78, 5) is 2.70. The second-order valence-electron chi connectivity index (χ2n) is 9.26. The normalized spacial score (nSPS) is 15.4. The van der Waals surface area contributed by atoms with E-state index >= 15 is 0 Å². The van der Waals surface area contributed by atoms with Gasteiger partial charge in [0.15, 0.2) is 0 Å². The van der Waals surface area contributed by atoms with Crippen LogP contribution in [0.4, 0.5) is 37.7 Å². The molecule has 2 N–H and O–H groups in total. The topological polar surface area (TPSA) is 32.2 Å². The molecule has 1 fully saturated rings. The van der Waals surface area contributed by atoms with E-state index in [9.17, 15) is 26.3 Å². The van der Waals surface area contributed by atoms with Crippen LogP contribution in [0.3, 0.4) is 0 Å². The van der Waals surface area contributed by atoms with E-state index in [4.69, 9.17) is 0 Å². The molecule has 1 aliphatic heterocycles. The number of alkyl halides is 6. The Labute approximate surface area is 221 Å². The van der Waals surface area contributed by atoms with Crippen molar-refractivity contribution >= 4 is 34.0 Å².